The van der Waals surface area contributed by atoms with Gasteiger partial charge in [-0.25, -0.2) is 0 Å². The van der Waals surface area contributed by atoms with Crippen LogP contribution in [-0.2, 0) is 6.54 Å². The molecule has 0 spiro atoms. The van der Waals surface area contributed by atoms with Crippen molar-refractivity contribution in [2.75, 3.05) is 13.6 Å². The standard InChI is InChI=1S/C12H19BrN2/c1-10(6-7-14)15(2)9-11-4-3-5-12(13)8-11/h3-5,8,10H,6-7,9,14H2,1-2H3. The topological polar surface area (TPSA) is 29.3 Å². The first-order valence-corrected chi connectivity index (χ1v) is 6.07. The molecule has 1 aromatic carbocycles. The number of rotatable bonds is 5. The predicted molar refractivity (Wildman–Crippen MR) is 68.7 cm³/mol. The average molecular weight is 271 g/mol. The molecular weight excluding hydrogens is 252 g/mol. The zero-order valence-corrected chi connectivity index (χ0v) is 11.0. The molecule has 1 unspecified atom stereocenters. The maximum Gasteiger partial charge on any atom is 0.0233 e. The first kappa shape index (κ1) is 12.7. The van der Waals surface area contributed by atoms with Gasteiger partial charge in [-0.1, -0.05) is 28.1 Å². The fourth-order valence-corrected chi connectivity index (χ4v) is 1.99. The molecule has 1 atom stereocenters. The van der Waals surface area contributed by atoms with E-state index in [1.54, 1.807) is 0 Å². The number of benzene rings is 1. The Hall–Kier alpha value is -0.380. The van der Waals surface area contributed by atoms with Gasteiger partial charge in [0.15, 0.2) is 0 Å². The van der Waals surface area contributed by atoms with Crippen LogP contribution in [0, 0.1) is 0 Å². The zero-order chi connectivity index (χ0) is 11.3. The number of halogens is 1. The lowest BCUT2D eigenvalue weighted by molar-refractivity contribution is 0.240. The summed E-state index contributed by atoms with van der Waals surface area (Å²) in [6.07, 6.45) is 1.05. The van der Waals surface area contributed by atoms with Crippen LogP contribution in [0.5, 0.6) is 0 Å². The highest BCUT2D eigenvalue weighted by Gasteiger charge is 2.08. The number of hydrogen-bond acceptors (Lipinski definition) is 2. The van der Waals surface area contributed by atoms with Crippen LogP contribution in [0.2, 0.25) is 0 Å². The molecule has 0 aromatic heterocycles. The molecule has 84 valence electrons. The van der Waals surface area contributed by atoms with Gasteiger partial charge in [-0.2, -0.15) is 0 Å². The van der Waals surface area contributed by atoms with Crippen molar-refractivity contribution >= 4 is 15.9 Å². The SMILES string of the molecule is CC(CCN)N(C)Cc1cccc(Br)c1. The van der Waals surface area contributed by atoms with Gasteiger partial charge in [-0.15, -0.1) is 0 Å². The van der Waals surface area contributed by atoms with Crippen molar-refractivity contribution in [1.82, 2.24) is 4.90 Å². The van der Waals surface area contributed by atoms with Gasteiger partial charge in [0, 0.05) is 17.1 Å². The van der Waals surface area contributed by atoms with E-state index in [4.69, 9.17) is 5.73 Å². The van der Waals surface area contributed by atoms with E-state index in [1.165, 1.54) is 5.56 Å². The fraction of sp³-hybridized carbons (Fsp3) is 0.500. The van der Waals surface area contributed by atoms with Crippen LogP contribution in [0.1, 0.15) is 18.9 Å². The molecule has 3 heteroatoms. The minimum atomic E-state index is 0.536. The Morgan fingerprint density at radius 1 is 1.47 bits per heavy atom. The Balaban J connectivity index is 2.54. The summed E-state index contributed by atoms with van der Waals surface area (Å²) in [6, 6.07) is 8.96. The van der Waals surface area contributed by atoms with Crippen LogP contribution in [0.15, 0.2) is 28.7 Å². The molecule has 0 fully saturated rings. The van der Waals surface area contributed by atoms with Crippen LogP contribution in [-0.4, -0.2) is 24.5 Å². The molecule has 0 radical (unpaired) electrons. The van der Waals surface area contributed by atoms with Gasteiger partial charge in [0.05, 0.1) is 0 Å². The van der Waals surface area contributed by atoms with Crippen LogP contribution in [0.25, 0.3) is 0 Å². The third-order valence-electron chi connectivity index (χ3n) is 2.66. The van der Waals surface area contributed by atoms with E-state index in [1.807, 2.05) is 6.07 Å². The normalized spacial score (nSPS) is 13.1. The first-order valence-electron chi connectivity index (χ1n) is 5.28. The minimum absolute atomic E-state index is 0.536. The van der Waals surface area contributed by atoms with Crippen molar-refractivity contribution in [3.05, 3.63) is 34.3 Å². The highest BCUT2D eigenvalue weighted by atomic mass is 79.9. The molecule has 2 N–H and O–H groups in total. The predicted octanol–water partition coefficient (Wildman–Crippen LogP) is 2.62. The lowest BCUT2D eigenvalue weighted by atomic mass is 10.1. The summed E-state index contributed by atoms with van der Waals surface area (Å²) in [5.74, 6) is 0. The lowest BCUT2D eigenvalue weighted by Crippen LogP contribution is -2.30. The summed E-state index contributed by atoms with van der Waals surface area (Å²) in [6.45, 7) is 3.94. The van der Waals surface area contributed by atoms with Gasteiger partial charge in [-0.05, 0) is 44.6 Å². The van der Waals surface area contributed by atoms with Crippen molar-refractivity contribution in [2.45, 2.75) is 25.9 Å². The van der Waals surface area contributed by atoms with Gasteiger partial charge in [0.1, 0.15) is 0 Å². The van der Waals surface area contributed by atoms with Gasteiger partial charge >= 0.3 is 0 Å². The van der Waals surface area contributed by atoms with E-state index in [0.717, 1.165) is 24.0 Å². The Kier molecular flexibility index (Phi) is 5.29. The van der Waals surface area contributed by atoms with Gasteiger partial charge < -0.3 is 5.73 Å². The molecular formula is C12H19BrN2. The molecule has 0 heterocycles. The maximum atomic E-state index is 5.55. The van der Waals surface area contributed by atoms with E-state index in [-0.39, 0.29) is 0 Å². The third-order valence-corrected chi connectivity index (χ3v) is 3.15. The number of nitrogens with two attached hydrogens (primary N) is 1. The van der Waals surface area contributed by atoms with Crippen molar-refractivity contribution in [1.29, 1.82) is 0 Å². The molecule has 0 aliphatic heterocycles. The molecule has 15 heavy (non-hydrogen) atoms. The molecule has 0 amide bonds. The highest BCUT2D eigenvalue weighted by Crippen LogP contribution is 2.14. The zero-order valence-electron chi connectivity index (χ0n) is 9.41. The van der Waals surface area contributed by atoms with Crippen LogP contribution in [0.4, 0.5) is 0 Å². The van der Waals surface area contributed by atoms with Gasteiger partial charge in [0.2, 0.25) is 0 Å². The molecule has 2 nitrogen and oxygen atoms in total. The minimum Gasteiger partial charge on any atom is -0.330 e. The summed E-state index contributed by atoms with van der Waals surface area (Å²) < 4.78 is 1.14. The molecule has 0 saturated carbocycles. The van der Waals surface area contributed by atoms with E-state index in [9.17, 15) is 0 Å². The Morgan fingerprint density at radius 3 is 2.80 bits per heavy atom. The Labute approximate surface area is 101 Å². The largest absolute Gasteiger partial charge is 0.330 e. The van der Waals surface area contributed by atoms with Crippen LogP contribution in [0.3, 0.4) is 0 Å². The highest BCUT2D eigenvalue weighted by molar-refractivity contribution is 9.10. The molecule has 0 bridgehead atoms. The Bertz CT molecular complexity index is 301. The van der Waals surface area contributed by atoms with Crippen molar-refractivity contribution in [3.63, 3.8) is 0 Å². The molecule has 1 aromatic rings. The summed E-state index contributed by atoms with van der Waals surface area (Å²) in [5, 5.41) is 0. The number of hydrogen-bond donors (Lipinski definition) is 1. The summed E-state index contributed by atoms with van der Waals surface area (Å²) in [4.78, 5) is 2.33. The van der Waals surface area contributed by atoms with Crippen molar-refractivity contribution in [2.24, 2.45) is 5.73 Å². The monoisotopic (exact) mass is 270 g/mol. The quantitative estimate of drug-likeness (QED) is 0.892. The lowest BCUT2D eigenvalue weighted by Gasteiger charge is -2.24. The van der Waals surface area contributed by atoms with E-state index < -0.39 is 0 Å². The summed E-state index contributed by atoms with van der Waals surface area (Å²) >= 11 is 3.48. The third kappa shape index (κ3) is 4.33. The maximum absolute atomic E-state index is 5.55. The summed E-state index contributed by atoms with van der Waals surface area (Å²) in [7, 11) is 2.14. The summed E-state index contributed by atoms with van der Waals surface area (Å²) in [5.41, 5.74) is 6.88. The molecule has 0 aliphatic rings. The van der Waals surface area contributed by atoms with Gasteiger partial charge in [0.25, 0.3) is 0 Å². The Morgan fingerprint density at radius 2 is 2.20 bits per heavy atom. The second-order valence-electron chi connectivity index (χ2n) is 3.97. The molecule has 0 aliphatic carbocycles. The van der Waals surface area contributed by atoms with E-state index >= 15 is 0 Å². The second kappa shape index (κ2) is 6.26. The fourth-order valence-electron chi connectivity index (χ4n) is 1.54. The molecule has 0 saturated heterocycles. The van der Waals surface area contributed by atoms with Crippen molar-refractivity contribution in [3.8, 4) is 0 Å². The van der Waals surface area contributed by atoms with E-state index in [2.05, 4.69) is 53.0 Å². The molecule has 1 rings (SSSR count). The van der Waals surface area contributed by atoms with E-state index in [0.29, 0.717) is 6.04 Å². The second-order valence-corrected chi connectivity index (χ2v) is 4.89. The van der Waals surface area contributed by atoms with Crippen LogP contribution < -0.4 is 5.73 Å². The average Bonchev–Trinajstić information content (AvgIpc) is 2.18. The van der Waals surface area contributed by atoms with Crippen molar-refractivity contribution < 1.29 is 0 Å². The van der Waals surface area contributed by atoms with Gasteiger partial charge in [-0.3, -0.25) is 4.90 Å². The number of nitrogens with zero attached hydrogens (tertiary/aromatic N) is 1. The smallest absolute Gasteiger partial charge is 0.0233 e. The van der Waals surface area contributed by atoms with Crippen LogP contribution >= 0.6 is 15.9 Å². The first-order chi connectivity index (χ1) is 7.13.